The molecular weight excluding hydrogens is 346 g/mol. The number of amides is 1. The number of aromatic nitrogens is 4. The molecule has 138 valence electrons. The largest absolute Gasteiger partial charge is 0.342 e. The minimum atomic E-state index is -0.569. The standard InChI is InChI=1S/C19H19N5O3/c1-24-8-7-20-16(24)15(11-5-6-11)22-17(25)13-4-2-3-12(9-13)14-10-21-19(27)23-18(14)26/h2-4,7-11,15H,5-6H2,1H3,(H,22,25)(H2,21,23,26,27)/t15-/m0/s1. The summed E-state index contributed by atoms with van der Waals surface area (Å²) in [6, 6.07) is 6.62. The number of rotatable bonds is 5. The third kappa shape index (κ3) is 3.46. The summed E-state index contributed by atoms with van der Waals surface area (Å²) in [6.45, 7) is 0. The summed E-state index contributed by atoms with van der Waals surface area (Å²) in [5.41, 5.74) is 0.227. The second-order valence-electron chi connectivity index (χ2n) is 6.75. The Morgan fingerprint density at radius 2 is 2.15 bits per heavy atom. The van der Waals surface area contributed by atoms with Gasteiger partial charge in [0.2, 0.25) is 0 Å². The Bertz CT molecular complexity index is 1110. The van der Waals surface area contributed by atoms with Crippen LogP contribution in [-0.2, 0) is 7.05 Å². The molecule has 1 atom stereocenters. The number of carbonyl (C=O) groups excluding carboxylic acids is 1. The highest BCUT2D eigenvalue weighted by Crippen LogP contribution is 2.40. The molecule has 8 nitrogen and oxygen atoms in total. The number of hydrogen-bond acceptors (Lipinski definition) is 4. The van der Waals surface area contributed by atoms with Gasteiger partial charge in [0.15, 0.2) is 0 Å². The Kier molecular flexibility index (Phi) is 4.23. The van der Waals surface area contributed by atoms with Crippen LogP contribution in [0, 0.1) is 5.92 Å². The minimum absolute atomic E-state index is 0.141. The topological polar surface area (TPSA) is 113 Å². The number of nitrogens with one attached hydrogen (secondary N) is 3. The fraction of sp³-hybridized carbons (Fsp3) is 0.263. The predicted octanol–water partition coefficient (Wildman–Crippen LogP) is 1.34. The monoisotopic (exact) mass is 365 g/mol. The molecule has 8 heteroatoms. The minimum Gasteiger partial charge on any atom is -0.342 e. The molecule has 2 aromatic heterocycles. The molecule has 0 spiro atoms. The number of aromatic amines is 2. The fourth-order valence-corrected chi connectivity index (χ4v) is 3.18. The normalized spacial score (nSPS) is 14.7. The maximum atomic E-state index is 12.8. The molecule has 1 saturated carbocycles. The molecule has 1 fully saturated rings. The van der Waals surface area contributed by atoms with Crippen LogP contribution in [0.5, 0.6) is 0 Å². The van der Waals surface area contributed by atoms with Gasteiger partial charge in [-0.15, -0.1) is 0 Å². The van der Waals surface area contributed by atoms with Crippen molar-refractivity contribution in [2.75, 3.05) is 0 Å². The average molecular weight is 365 g/mol. The maximum Gasteiger partial charge on any atom is 0.325 e. The first-order chi connectivity index (χ1) is 13.0. The van der Waals surface area contributed by atoms with Crippen molar-refractivity contribution in [1.82, 2.24) is 24.8 Å². The van der Waals surface area contributed by atoms with Crippen LogP contribution in [0.15, 0.2) is 52.4 Å². The molecule has 4 rings (SSSR count). The third-order valence-electron chi connectivity index (χ3n) is 4.77. The summed E-state index contributed by atoms with van der Waals surface area (Å²) < 4.78 is 1.92. The van der Waals surface area contributed by atoms with Crippen molar-refractivity contribution in [2.24, 2.45) is 13.0 Å². The molecule has 3 aromatic rings. The summed E-state index contributed by atoms with van der Waals surface area (Å²) in [5, 5.41) is 3.07. The van der Waals surface area contributed by atoms with Crippen LogP contribution in [0.25, 0.3) is 11.1 Å². The molecule has 27 heavy (non-hydrogen) atoms. The van der Waals surface area contributed by atoms with Gasteiger partial charge in [0.25, 0.3) is 11.5 Å². The SMILES string of the molecule is Cn1ccnc1[C@@H](NC(=O)c1cccc(-c2c[nH]c(=O)[nH]c2=O)c1)C1CC1. The third-order valence-corrected chi connectivity index (χ3v) is 4.77. The number of carbonyl (C=O) groups is 1. The molecule has 0 bridgehead atoms. The van der Waals surface area contributed by atoms with Crippen LogP contribution in [0.2, 0.25) is 0 Å². The molecule has 1 aromatic carbocycles. The lowest BCUT2D eigenvalue weighted by Gasteiger charge is -2.18. The summed E-state index contributed by atoms with van der Waals surface area (Å²) in [4.78, 5) is 45.0. The van der Waals surface area contributed by atoms with E-state index in [-0.39, 0.29) is 11.9 Å². The molecule has 1 aliphatic rings. The van der Waals surface area contributed by atoms with Gasteiger partial charge in [-0.3, -0.25) is 14.6 Å². The number of hydrogen-bond donors (Lipinski definition) is 3. The van der Waals surface area contributed by atoms with Crippen molar-refractivity contribution in [2.45, 2.75) is 18.9 Å². The Morgan fingerprint density at radius 1 is 1.33 bits per heavy atom. The first-order valence-corrected chi connectivity index (χ1v) is 8.73. The fourth-order valence-electron chi connectivity index (χ4n) is 3.18. The van der Waals surface area contributed by atoms with Crippen molar-refractivity contribution in [3.05, 3.63) is 75.1 Å². The van der Waals surface area contributed by atoms with Crippen LogP contribution in [-0.4, -0.2) is 25.4 Å². The van der Waals surface area contributed by atoms with Gasteiger partial charge in [0.1, 0.15) is 5.82 Å². The molecule has 1 amide bonds. The lowest BCUT2D eigenvalue weighted by molar-refractivity contribution is 0.0929. The van der Waals surface area contributed by atoms with Crippen molar-refractivity contribution in [1.29, 1.82) is 0 Å². The second-order valence-corrected chi connectivity index (χ2v) is 6.75. The zero-order valence-electron chi connectivity index (χ0n) is 14.7. The Morgan fingerprint density at radius 3 is 2.81 bits per heavy atom. The molecular formula is C19H19N5O3. The first-order valence-electron chi connectivity index (χ1n) is 8.73. The summed E-state index contributed by atoms with van der Waals surface area (Å²) in [5.74, 6) is 0.997. The van der Waals surface area contributed by atoms with Gasteiger partial charge < -0.3 is 14.9 Å². The summed E-state index contributed by atoms with van der Waals surface area (Å²) in [6.07, 6.45) is 7.05. The molecule has 0 radical (unpaired) electrons. The maximum absolute atomic E-state index is 12.8. The first kappa shape index (κ1) is 17.0. The van der Waals surface area contributed by atoms with Crippen LogP contribution in [0.4, 0.5) is 0 Å². The molecule has 3 N–H and O–H groups in total. The van der Waals surface area contributed by atoms with E-state index in [2.05, 4.69) is 20.3 Å². The van der Waals surface area contributed by atoms with Crippen molar-refractivity contribution in [3.63, 3.8) is 0 Å². The Hall–Kier alpha value is -3.42. The second kappa shape index (κ2) is 6.71. The Labute approximate surface area is 154 Å². The van der Waals surface area contributed by atoms with E-state index in [1.54, 1.807) is 30.5 Å². The zero-order chi connectivity index (χ0) is 19.0. The van der Waals surface area contributed by atoms with Crippen LogP contribution in [0.3, 0.4) is 0 Å². The van der Waals surface area contributed by atoms with E-state index in [9.17, 15) is 14.4 Å². The highest BCUT2D eigenvalue weighted by molar-refractivity contribution is 5.95. The van der Waals surface area contributed by atoms with Crippen LogP contribution in [0.1, 0.15) is 35.1 Å². The Balaban J connectivity index is 1.61. The van der Waals surface area contributed by atoms with Gasteiger partial charge in [0, 0.05) is 31.2 Å². The van der Waals surface area contributed by atoms with E-state index in [4.69, 9.17) is 0 Å². The predicted molar refractivity (Wildman–Crippen MR) is 99.3 cm³/mol. The molecule has 0 aliphatic heterocycles. The van der Waals surface area contributed by atoms with E-state index < -0.39 is 11.2 Å². The van der Waals surface area contributed by atoms with Crippen molar-refractivity contribution >= 4 is 5.91 Å². The average Bonchev–Trinajstić information content (AvgIpc) is 3.41. The number of nitrogens with zero attached hydrogens (tertiary/aromatic N) is 2. The zero-order valence-corrected chi connectivity index (χ0v) is 14.7. The van der Waals surface area contributed by atoms with Gasteiger partial charge in [-0.1, -0.05) is 12.1 Å². The molecule has 0 unspecified atom stereocenters. The van der Waals surface area contributed by atoms with Gasteiger partial charge in [0.05, 0.1) is 11.6 Å². The van der Waals surface area contributed by atoms with Gasteiger partial charge in [-0.05, 0) is 36.5 Å². The lowest BCUT2D eigenvalue weighted by atomic mass is 10.0. The number of imidazole rings is 1. The highest BCUT2D eigenvalue weighted by Gasteiger charge is 2.35. The van der Waals surface area contributed by atoms with E-state index >= 15 is 0 Å². The molecule has 1 aliphatic carbocycles. The van der Waals surface area contributed by atoms with E-state index in [1.165, 1.54) is 6.20 Å². The van der Waals surface area contributed by atoms with Crippen molar-refractivity contribution < 1.29 is 4.79 Å². The van der Waals surface area contributed by atoms with E-state index in [0.717, 1.165) is 18.7 Å². The van der Waals surface area contributed by atoms with Crippen molar-refractivity contribution in [3.8, 4) is 11.1 Å². The molecule has 2 heterocycles. The number of aryl methyl sites for hydroxylation is 1. The van der Waals surface area contributed by atoms with Gasteiger partial charge in [-0.25, -0.2) is 9.78 Å². The number of H-pyrrole nitrogens is 2. The van der Waals surface area contributed by atoms with Gasteiger partial charge in [-0.2, -0.15) is 0 Å². The number of benzene rings is 1. The highest BCUT2D eigenvalue weighted by atomic mass is 16.2. The summed E-state index contributed by atoms with van der Waals surface area (Å²) in [7, 11) is 1.91. The van der Waals surface area contributed by atoms with E-state index in [1.807, 2.05) is 17.8 Å². The van der Waals surface area contributed by atoms with E-state index in [0.29, 0.717) is 22.6 Å². The molecule has 0 saturated heterocycles. The van der Waals surface area contributed by atoms with Gasteiger partial charge >= 0.3 is 5.69 Å². The smallest absolute Gasteiger partial charge is 0.325 e. The lowest BCUT2D eigenvalue weighted by Crippen LogP contribution is -2.31. The quantitative estimate of drug-likeness (QED) is 0.633. The van der Waals surface area contributed by atoms with Crippen LogP contribution < -0.4 is 16.6 Å². The summed E-state index contributed by atoms with van der Waals surface area (Å²) >= 11 is 0. The van der Waals surface area contributed by atoms with Crippen LogP contribution >= 0.6 is 0 Å².